The molecule has 1 heterocycles. The first-order chi connectivity index (χ1) is 6.38. The number of hydrogen-bond donors (Lipinski definition) is 1. The first-order valence-corrected chi connectivity index (χ1v) is 4.39. The second-order valence-corrected chi connectivity index (χ2v) is 4.02. The number of aromatic nitrogens is 1. The Balaban J connectivity index is 2.80. The molecule has 76 valence electrons. The van der Waals surface area contributed by atoms with Crippen LogP contribution in [0.15, 0.2) is 24.5 Å². The summed E-state index contributed by atoms with van der Waals surface area (Å²) in [6, 6.07) is 3.40. The molecule has 0 fully saturated rings. The summed E-state index contributed by atoms with van der Waals surface area (Å²) >= 11 is 0. The Bertz CT molecular complexity index is 342. The number of hydrogen-bond acceptors (Lipinski definition) is 3. The minimum atomic E-state index is -0.491. The van der Waals surface area contributed by atoms with E-state index in [2.05, 4.69) is 0 Å². The van der Waals surface area contributed by atoms with E-state index in [1.54, 1.807) is 18.3 Å². The van der Waals surface area contributed by atoms with Gasteiger partial charge in [-0.3, -0.25) is 0 Å². The molecule has 4 heteroatoms. The Labute approximate surface area is 83.3 Å². The molecule has 1 rings (SSSR count). The molecule has 0 saturated heterocycles. The van der Waals surface area contributed by atoms with E-state index in [0.29, 0.717) is 5.69 Å². The van der Waals surface area contributed by atoms with Crippen molar-refractivity contribution in [3.8, 4) is 0 Å². The molecule has 0 amide bonds. The summed E-state index contributed by atoms with van der Waals surface area (Å²) in [6.07, 6.45) is 2.70. The number of ether oxygens (including phenoxy) is 1. The highest BCUT2D eigenvalue weighted by molar-refractivity contribution is 5.57. The van der Waals surface area contributed by atoms with Crippen LogP contribution in [0.25, 0.3) is 0 Å². The predicted octanol–water partition coefficient (Wildman–Crippen LogP) is 1.34. The van der Waals surface area contributed by atoms with E-state index in [9.17, 15) is 4.79 Å². The van der Waals surface area contributed by atoms with Crippen LogP contribution in [0.4, 0.5) is 10.5 Å². The summed E-state index contributed by atoms with van der Waals surface area (Å²) in [6.45, 7) is 5.45. The van der Waals surface area contributed by atoms with Crippen molar-refractivity contribution in [2.75, 3.05) is 5.73 Å². The van der Waals surface area contributed by atoms with Gasteiger partial charge in [0.25, 0.3) is 0 Å². The van der Waals surface area contributed by atoms with Crippen molar-refractivity contribution in [1.82, 2.24) is 0 Å². The summed E-state index contributed by atoms with van der Waals surface area (Å²) in [4.78, 5) is 11.5. The maximum atomic E-state index is 11.5. The normalized spacial score (nSPS) is 11.1. The lowest BCUT2D eigenvalue weighted by Gasteiger charge is -2.15. The third-order valence-electron chi connectivity index (χ3n) is 1.43. The topological polar surface area (TPSA) is 56.2 Å². The monoisotopic (exact) mass is 195 g/mol. The van der Waals surface area contributed by atoms with Gasteiger partial charge in [0.2, 0.25) is 6.20 Å². The minimum absolute atomic E-state index is 0.426. The molecule has 0 spiro atoms. The van der Waals surface area contributed by atoms with Crippen LogP contribution in [-0.4, -0.2) is 11.7 Å². The molecule has 0 atom stereocenters. The van der Waals surface area contributed by atoms with Gasteiger partial charge in [0.15, 0.2) is 6.20 Å². The number of anilines is 1. The molecule has 0 radical (unpaired) electrons. The van der Waals surface area contributed by atoms with Crippen LogP contribution in [-0.2, 0) is 4.74 Å². The number of rotatable bonds is 0. The maximum absolute atomic E-state index is 11.5. The predicted molar refractivity (Wildman–Crippen MR) is 52.7 cm³/mol. The average molecular weight is 195 g/mol. The molecule has 0 aliphatic heterocycles. The van der Waals surface area contributed by atoms with Crippen LogP contribution in [0.3, 0.4) is 0 Å². The van der Waals surface area contributed by atoms with Gasteiger partial charge in [0, 0.05) is 6.07 Å². The zero-order valence-electron chi connectivity index (χ0n) is 8.65. The summed E-state index contributed by atoms with van der Waals surface area (Å²) in [5, 5.41) is 0. The number of carbonyl (C=O) groups is 1. The second kappa shape index (κ2) is 3.65. The first-order valence-electron chi connectivity index (χ1n) is 4.39. The quantitative estimate of drug-likeness (QED) is 0.635. The van der Waals surface area contributed by atoms with Gasteiger partial charge in [-0.15, -0.1) is 0 Å². The molecule has 0 aliphatic rings. The zero-order chi connectivity index (χ0) is 10.8. The van der Waals surface area contributed by atoms with Gasteiger partial charge in [-0.05, 0) is 26.8 Å². The largest absolute Gasteiger partial charge is 0.602 e. The van der Waals surface area contributed by atoms with E-state index >= 15 is 0 Å². The highest BCUT2D eigenvalue weighted by Crippen LogP contribution is 2.06. The smallest absolute Gasteiger partial charge is 0.406 e. The molecule has 0 saturated carbocycles. The number of carbonyl (C=O) groups excluding carboxylic acids is 1. The van der Waals surface area contributed by atoms with Gasteiger partial charge in [-0.25, -0.2) is 0 Å². The highest BCUT2D eigenvalue weighted by Gasteiger charge is 2.24. The van der Waals surface area contributed by atoms with Crippen LogP contribution >= 0.6 is 0 Å². The molecule has 14 heavy (non-hydrogen) atoms. The van der Waals surface area contributed by atoms with Crippen molar-refractivity contribution in [1.29, 1.82) is 0 Å². The molecule has 1 aromatic heterocycles. The lowest BCUT2D eigenvalue weighted by molar-refractivity contribution is -0.587. The van der Waals surface area contributed by atoms with Gasteiger partial charge in [-0.2, -0.15) is 4.79 Å². The number of nitrogen functional groups attached to an aromatic ring is 1. The van der Waals surface area contributed by atoms with Crippen molar-refractivity contribution in [2.24, 2.45) is 0 Å². The van der Waals surface area contributed by atoms with Gasteiger partial charge in [-0.1, -0.05) is 4.57 Å². The fraction of sp³-hybridized carbons (Fsp3) is 0.400. The van der Waals surface area contributed by atoms with E-state index in [1.807, 2.05) is 20.8 Å². The second-order valence-electron chi connectivity index (χ2n) is 4.02. The summed E-state index contributed by atoms with van der Waals surface area (Å²) in [5.41, 5.74) is 5.57. The van der Waals surface area contributed by atoms with E-state index in [4.69, 9.17) is 10.5 Å². The van der Waals surface area contributed by atoms with Gasteiger partial charge < -0.3 is 10.5 Å². The Morgan fingerprint density at radius 1 is 1.50 bits per heavy atom. The summed E-state index contributed by atoms with van der Waals surface area (Å²) in [7, 11) is 0. The average Bonchev–Trinajstić information content (AvgIpc) is 2.01. The minimum Gasteiger partial charge on any atom is -0.406 e. The van der Waals surface area contributed by atoms with E-state index in [1.165, 1.54) is 10.8 Å². The molecule has 1 aromatic rings. The Morgan fingerprint density at radius 3 is 2.64 bits per heavy atom. The zero-order valence-corrected chi connectivity index (χ0v) is 8.65. The molecular weight excluding hydrogens is 180 g/mol. The SMILES string of the molecule is CC(C)(C)OC(=O)[n+]1cccc(N)c1. The van der Waals surface area contributed by atoms with Gasteiger partial charge in [0.1, 0.15) is 5.60 Å². The molecular formula is C10H15N2O2+. The third kappa shape index (κ3) is 3.05. The number of nitrogens with two attached hydrogens (primary N) is 1. The van der Waals surface area contributed by atoms with Crippen molar-refractivity contribution >= 4 is 11.8 Å². The van der Waals surface area contributed by atoms with Crippen LogP contribution in [0.1, 0.15) is 20.8 Å². The van der Waals surface area contributed by atoms with Crippen molar-refractivity contribution in [2.45, 2.75) is 26.4 Å². The lowest BCUT2D eigenvalue weighted by atomic mass is 10.2. The van der Waals surface area contributed by atoms with Crippen molar-refractivity contribution in [3.05, 3.63) is 24.5 Å². The Morgan fingerprint density at radius 2 is 2.14 bits per heavy atom. The van der Waals surface area contributed by atoms with Crippen molar-refractivity contribution in [3.63, 3.8) is 0 Å². The summed E-state index contributed by atoms with van der Waals surface area (Å²) in [5.74, 6) is 0. The fourth-order valence-corrected chi connectivity index (χ4v) is 0.922. The van der Waals surface area contributed by atoms with Gasteiger partial charge >= 0.3 is 6.09 Å². The van der Waals surface area contributed by atoms with Crippen molar-refractivity contribution < 1.29 is 14.1 Å². The van der Waals surface area contributed by atoms with E-state index < -0.39 is 11.7 Å². The van der Waals surface area contributed by atoms with Gasteiger partial charge in [0.05, 0.1) is 5.69 Å². The third-order valence-corrected chi connectivity index (χ3v) is 1.43. The standard InChI is InChI=1S/C10H15N2O2/c1-10(2,3)14-9(13)12-6-4-5-8(11)7-12/h4-7H,11H2,1-3H3/q+1. The molecule has 4 nitrogen and oxygen atoms in total. The van der Waals surface area contributed by atoms with Crippen LogP contribution in [0.2, 0.25) is 0 Å². The van der Waals surface area contributed by atoms with E-state index in [-0.39, 0.29) is 0 Å². The molecule has 0 bridgehead atoms. The number of nitrogens with zero attached hydrogens (tertiary/aromatic N) is 1. The fourth-order valence-electron chi connectivity index (χ4n) is 0.922. The maximum Gasteiger partial charge on any atom is 0.602 e. The highest BCUT2D eigenvalue weighted by atomic mass is 16.6. The van der Waals surface area contributed by atoms with Crippen LogP contribution < -0.4 is 10.3 Å². The summed E-state index contributed by atoms with van der Waals surface area (Å²) < 4.78 is 6.47. The molecule has 0 unspecified atom stereocenters. The lowest BCUT2D eigenvalue weighted by Crippen LogP contribution is -2.46. The first kappa shape index (κ1) is 10.5. The van der Waals surface area contributed by atoms with Crippen LogP contribution in [0.5, 0.6) is 0 Å². The molecule has 0 aliphatic carbocycles. The van der Waals surface area contributed by atoms with E-state index in [0.717, 1.165) is 0 Å². The Kier molecular flexibility index (Phi) is 2.74. The molecule has 2 N–H and O–H groups in total. The van der Waals surface area contributed by atoms with Crippen LogP contribution in [0, 0.1) is 0 Å². The molecule has 0 aromatic carbocycles. The number of pyridine rings is 1. The Hall–Kier alpha value is -1.58.